The van der Waals surface area contributed by atoms with Crippen LogP contribution < -0.4 is 10.1 Å². The Bertz CT molecular complexity index is 437. The molecule has 3 nitrogen and oxygen atoms in total. The highest BCUT2D eigenvalue weighted by Gasteiger charge is 2.18. The fourth-order valence-corrected chi connectivity index (χ4v) is 3.05. The van der Waals surface area contributed by atoms with Crippen LogP contribution in [-0.2, 0) is 0 Å². The maximum atomic E-state index is 6.08. The van der Waals surface area contributed by atoms with Crippen LogP contribution in [0.1, 0.15) is 19.3 Å². The van der Waals surface area contributed by atoms with Gasteiger partial charge in [-0.3, -0.25) is 4.90 Å². The zero-order valence-corrected chi connectivity index (χ0v) is 15.3. The number of halogens is 3. The first-order chi connectivity index (χ1) is 10.2. The zero-order valence-electron chi connectivity index (χ0n) is 13.0. The minimum absolute atomic E-state index is 0. The quantitative estimate of drug-likeness (QED) is 0.784. The summed E-state index contributed by atoms with van der Waals surface area (Å²) in [7, 11) is 2.02. The van der Waals surface area contributed by atoms with E-state index in [4.69, 9.17) is 27.9 Å². The molecule has 22 heavy (non-hydrogen) atoms. The summed E-state index contributed by atoms with van der Waals surface area (Å²) in [6.07, 6.45) is 3.87. The van der Waals surface area contributed by atoms with E-state index >= 15 is 0 Å². The highest BCUT2D eigenvalue weighted by Crippen LogP contribution is 2.27. The SMILES string of the molecule is CNCCC1CCN(CCOc2cc(Cl)ccc2Cl)CC1.Cl. The summed E-state index contributed by atoms with van der Waals surface area (Å²) in [6, 6.07) is 5.31. The molecule has 1 heterocycles. The van der Waals surface area contributed by atoms with Crippen LogP contribution in [-0.4, -0.2) is 44.7 Å². The number of nitrogens with one attached hydrogen (secondary N) is 1. The summed E-state index contributed by atoms with van der Waals surface area (Å²) in [5.74, 6) is 1.55. The highest BCUT2D eigenvalue weighted by molar-refractivity contribution is 6.34. The standard InChI is InChI=1S/C16H24Cl2N2O.ClH/c1-19-7-4-13-5-8-20(9-6-13)10-11-21-16-12-14(17)2-3-15(16)18;/h2-3,12-13,19H,4-11H2,1H3;1H. The molecule has 0 spiro atoms. The fourth-order valence-electron chi connectivity index (χ4n) is 2.72. The van der Waals surface area contributed by atoms with E-state index in [2.05, 4.69) is 10.2 Å². The van der Waals surface area contributed by atoms with Gasteiger partial charge in [-0.25, -0.2) is 0 Å². The Morgan fingerprint density at radius 2 is 2.00 bits per heavy atom. The smallest absolute Gasteiger partial charge is 0.139 e. The predicted octanol–water partition coefficient (Wildman–Crippen LogP) is 4.12. The van der Waals surface area contributed by atoms with E-state index < -0.39 is 0 Å². The third kappa shape index (κ3) is 6.51. The number of rotatable bonds is 7. The number of piperidine rings is 1. The first-order valence-corrected chi connectivity index (χ1v) is 8.39. The zero-order chi connectivity index (χ0) is 15.1. The van der Waals surface area contributed by atoms with Gasteiger partial charge < -0.3 is 10.1 Å². The molecule has 0 saturated carbocycles. The Kier molecular flexibility index (Phi) is 9.53. The lowest BCUT2D eigenvalue weighted by Gasteiger charge is -2.31. The molecule has 0 amide bonds. The van der Waals surface area contributed by atoms with Crippen molar-refractivity contribution in [3.05, 3.63) is 28.2 Å². The maximum Gasteiger partial charge on any atom is 0.139 e. The molecule has 1 fully saturated rings. The van der Waals surface area contributed by atoms with Crippen molar-refractivity contribution in [2.45, 2.75) is 19.3 Å². The van der Waals surface area contributed by atoms with Gasteiger partial charge in [-0.15, -0.1) is 12.4 Å². The van der Waals surface area contributed by atoms with Crippen molar-refractivity contribution in [1.29, 1.82) is 0 Å². The molecule has 2 rings (SSSR count). The molecule has 1 N–H and O–H groups in total. The van der Waals surface area contributed by atoms with Gasteiger partial charge in [0.2, 0.25) is 0 Å². The van der Waals surface area contributed by atoms with Crippen LogP contribution >= 0.6 is 35.6 Å². The van der Waals surface area contributed by atoms with Crippen LogP contribution in [0.15, 0.2) is 18.2 Å². The molecule has 6 heteroatoms. The number of hydrogen-bond acceptors (Lipinski definition) is 3. The van der Waals surface area contributed by atoms with Crippen LogP contribution in [0, 0.1) is 5.92 Å². The van der Waals surface area contributed by atoms with Gasteiger partial charge in [0, 0.05) is 17.6 Å². The average Bonchev–Trinajstić information content (AvgIpc) is 2.50. The lowest BCUT2D eigenvalue weighted by Crippen LogP contribution is -2.37. The van der Waals surface area contributed by atoms with E-state index in [0.29, 0.717) is 22.4 Å². The number of hydrogen-bond donors (Lipinski definition) is 1. The Morgan fingerprint density at radius 3 is 2.68 bits per heavy atom. The van der Waals surface area contributed by atoms with Crippen LogP contribution in [0.2, 0.25) is 10.0 Å². The minimum Gasteiger partial charge on any atom is -0.491 e. The first kappa shape index (κ1) is 19.9. The van der Waals surface area contributed by atoms with Crippen molar-refractivity contribution in [3.63, 3.8) is 0 Å². The summed E-state index contributed by atoms with van der Waals surface area (Å²) in [4.78, 5) is 2.47. The molecule has 0 aliphatic carbocycles. The fraction of sp³-hybridized carbons (Fsp3) is 0.625. The maximum absolute atomic E-state index is 6.08. The number of nitrogens with zero attached hydrogens (tertiary/aromatic N) is 1. The van der Waals surface area contributed by atoms with Crippen molar-refractivity contribution in [3.8, 4) is 5.75 Å². The second-order valence-electron chi connectivity index (χ2n) is 5.60. The van der Waals surface area contributed by atoms with E-state index in [-0.39, 0.29) is 12.4 Å². The predicted molar refractivity (Wildman–Crippen MR) is 96.9 cm³/mol. The van der Waals surface area contributed by atoms with Gasteiger partial charge in [-0.05, 0) is 64.0 Å². The van der Waals surface area contributed by atoms with Gasteiger partial charge in [-0.2, -0.15) is 0 Å². The molecule has 0 aromatic heterocycles. The minimum atomic E-state index is 0. The molecule has 126 valence electrons. The Labute approximate surface area is 149 Å². The van der Waals surface area contributed by atoms with E-state index in [0.717, 1.165) is 19.0 Å². The van der Waals surface area contributed by atoms with E-state index in [1.54, 1.807) is 18.2 Å². The molecule has 1 aromatic carbocycles. The van der Waals surface area contributed by atoms with Crippen molar-refractivity contribution in [2.75, 3.05) is 39.8 Å². The van der Waals surface area contributed by atoms with Crippen LogP contribution in [0.25, 0.3) is 0 Å². The number of ether oxygens (including phenoxy) is 1. The molecule has 1 saturated heterocycles. The molecular formula is C16H25Cl3N2O. The molecule has 1 aliphatic heterocycles. The topological polar surface area (TPSA) is 24.5 Å². The van der Waals surface area contributed by atoms with Gasteiger partial charge in [0.05, 0.1) is 5.02 Å². The lowest BCUT2D eigenvalue weighted by molar-refractivity contribution is 0.151. The summed E-state index contributed by atoms with van der Waals surface area (Å²) >= 11 is 12.0. The van der Waals surface area contributed by atoms with Crippen LogP contribution in [0.5, 0.6) is 5.75 Å². The third-order valence-electron chi connectivity index (χ3n) is 4.07. The molecule has 1 aromatic rings. The monoisotopic (exact) mass is 366 g/mol. The number of likely N-dealkylation sites (tertiary alicyclic amines) is 1. The van der Waals surface area contributed by atoms with Gasteiger partial charge in [0.15, 0.2) is 0 Å². The largest absolute Gasteiger partial charge is 0.491 e. The van der Waals surface area contributed by atoms with Crippen LogP contribution in [0.3, 0.4) is 0 Å². The summed E-state index contributed by atoms with van der Waals surface area (Å²) in [5, 5.41) is 4.50. The molecule has 0 bridgehead atoms. The van der Waals surface area contributed by atoms with E-state index in [9.17, 15) is 0 Å². The van der Waals surface area contributed by atoms with Gasteiger partial charge >= 0.3 is 0 Å². The van der Waals surface area contributed by atoms with Gasteiger partial charge in [-0.1, -0.05) is 23.2 Å². The Balaban J connectivity index is 0.00000242. The summed E-state index contributed by atoms with van der Waals surface area (Å²) in [5.41, 5.74) is 0. The number of benzene rings is 1. The summed E-state index contributed by atoms with van der Waals surface area (Å²) in [6.45, 7) is 5.06. The normalized spacial score (nSPS) is 16.3. The van der Waals surface area contributed by atoms with E-state index in [1.165, 1.54) is 32.4 Å². The average molecular weight is 368 g/mol. The van der Waals surface area contributed by atoms with Gasteiger partial charge in [0.25, 0.3) is 0 Å². The molecule has 0 unspecified atom stereocenters. The van der Waals surface area contributed by atoms with Gasteiger partial charge in [0.1, 0.15) is 12.4 Å². The Morgan fingerprint density at radius 1 is 1.27 bits per heavy atom. The molecular weight excluding hydrogens is 343 g/mol. The van der Waals surface area contributed by atoms with Crippen molar-refractivity contribution in [1.82, 2.24) is 10.2 Å². The lowest BCUT2D eigenvalue weighted by atomic mass is 9.93. The highest BCUT2D eigenvalue weighted by atomic mass is 35.5. The summed E-state index contributed by atoms with van der Waals surface area (Å²) < 4.78 is 5.74. The first-order valence-electron chi connectivity index (χ1n) is 7.64. The van der Waals surface area contributed by atoms with Crippen LogP contribution in [0.4, 0.5) is 0 Å². The second-order valence-corrected chi connectivity index (χ2v) is 6.44. The Hall–Kier alpha value is -0.190. The van der Waals surface area contributed by atoms with Crippen molar-refractivity contribution >= 4 is 35.6 Å². The second kappa shape index (κ2) is 10.6. The molecule has 1 aliphatic rings. The van der Waals surface area contributed by atoms with Crippen molar-refractivity contribution in [2.24, 2.45) is 5.92 Å². The van der Waals surface area contributed by atoms with Crippen molar-refractivity contribution < 1.29 is 4.74 Å². The van der Waals surface area contributed by atoms with E-state index in [1.807, 2.05) is 7.05 Å². The third-order valence-corrected chi connectivity index (χ3v) is 4.62. The molecule has 0 atom stereocenters. The molecule has 0 radical (unpaired) electrons.